The summed E-state index contributed by atoms with van der Waals surface area (Å²) in [5.41, 5.74) is 0. The molecule has 0 spiro atoms. The Kier molecular flexibility index (Phi) is 3.06. The Hall–Kier alpha value is -1.08. The third-order valence-electron chi connectivity index (χ3n) is 2.02. The molecule has 1 saturated heterocycles. The molecule has 1 fully saturated rings. The molecule has 1 unspecified atom stereocenters. The third kappa shape index (κ3) is 1.74. The fourth-order valence-corrected chi connectivity index (χ4v) is 1.32. The minimum atomic E-state index is -0.272. The van der Waals surface area contributed by atoms with Crippen molar-refractivity contribution in [3.05, 3.63) is 0 Å². The van der Waals surface area contributed by atoms with Crippen molar-refractivity contribution >= 4 is 5.91 Å². The minimum Gasteiger partial charge on any atom is -0.324 e. The highest BCUT2D eigenvalue weighted by Gasteiger charge is 2.24. The SMILES string of the molecule is CCC(=O)N1CCNCC1C#N. The van der Waals surface area contributed by atoms with Crippen LogP contribution in [0.2, 0.25) is 0 Å². The van der Waals surface area contributed by atoms with Crippen molar-refractivity contribution in [3.63, 3.8) is 0 Å². The van der Waals surface area contributed by atoms with E-state index in [0.717, 1.165) is 6.54 Å². The molecule has 0 aromatic carbocycles. The summed E-state index contributed by atoms with van der Waals surface area (Å²) in [5.74, 6) is 0.0723. The maximum Gasteiger partial charge on any atom is 0.223 e. The van der Waals surface area contributed by atoms with Crippen molar-refractivity contribution in [1.82, 2.24) is 10.2 Å². The van der Waals surface area contributed by atoms with Crippen molar-refractivity contribution in [2.24, 2.45) is 0 Å². The lowest BCUT2D eigenvalue weighted by Gasteiger charge is -2.31. The van der Waals surface area contributed by atoms with E-state index in [4.69, 9.17) is 5.26 Å². The number of hydrogen-bond acceptors (Lipinski definition) is 3. The lowest BCUT2D eigenvalue weighted by Crippen LogP contribution is -2.52. The summed E-state index contributed by atoms with van der Waals surface area (Å²) in [7, 11) is 0. The fourth-order valence-electron chi connectivity index (χ4n) is 1.32. The van der Waals surface area contributed by atoms with E-state index in [-0.39, 0.29) is 11.9 Å². The number of nitrogens with one attached hydrogen (secondary N) is 1. The number of carbonyl (C=O) groups excluding carboxylic acids is 1. The summed E-state index contributed by atoms with van der Waals surface area (Å²) in [6.45, 7) is 3.87. The summed E-state index contributed by atoms with van der Waals surface area (Å²) < 4.78 is 0. The molecule has 1 aliphatic rings. The van der Waals surface area contributed by atoms with Crippen LogP contribution in [0.5, 0.6) is 0 Å². The number of piperazine rings is 1. The van der Waals surface area contributed by atoms with E-state index >= 15 is 0 Å². The molecule has 12 heavy (non-hydrogen) atoms. The molecule has 1 amide bonds. The Morgan fingerprint density at radius 3 is 3.17 bits per heavy atom. The van der Waals surface area contributed by atoms with E-state index in [1.54, 1.807) is 4.90 Å². The molecule has 66 valence electrons. The number of nitrogens with zero attached hydrogens (tertiary/aromatic N) is 2. The van der Waals surface area contributed by atoms with Crippen molar-refractivity contribution in [2.45, 2.75) is 19.4 Å². The second-order valence-electron chi connectivity index (χ2n) is 2.79. The fraction of sp³-hybridized carbons (Fsp3) is 0.750. The number of amides is 1. The van der Waals surface area contributed by atoms with Gasteiger partial charge in [0.2, 0.25) is 5.91 Å². The van der Waals surface area contributed by atoms with Gasteiger partial charge >= 0.3 is 0 Å². The zero-order valence-corrected chi connectivity index (χ0v) is 7.21. The van der Waals surface area contributed by atoms with E-state index in [2.05, 4.69) is 11.4 Å². The van der Waals surface area contributed by atoms with Gasteiger partial charge in [-0.25, -0.2) is 0 Å². The first-order valence-electron chi connectivity index (χ1n) is 4.19. The average molecular weight is 167 g/mol. The maximum atomic E-state index is 11.3. The quantitative estimate of drug-likeness (QED) is 0.584. The molecule has 0 radical (unpaired) electrons. The summed E-state index contributed by atoms with van der Waals surface area (Å²) in [6.07, 6.45) is 0.484. The molecule has 0 aliphatic carbocycles. The van der Waals surface area contributed by atoms with Crippen LogP contribution in [-0.4, -0.2) is 36.5 Å². The van der Waals surface area contributed by atoms with Gasteiger partial charge < -0.3 is 10.2 Å². The Balaban J connectivity index is 2.60. The van der Waals surface area contributed by atoms with Gasteiger partial charge in [0.05, 0.1) is 6.07 Å². The zero-order valence-electron chi connectivity index (χ0n) is 7.21. The van der Waals surface area contributed by atoms with Crippen LogP contribution in [-0.2, 0) is 4.79 Å². The second-order valence-corrected chi connectivity index (χ2v) is 2.79. The number of rotatable bonds is 1. The van der Waals surface area contributed by atoms with E-state index in [0.29, 0.717) is 19.5 Å². The highest BCUT2D eigenvalue weighted by atomic mass is 16.2. The highest BCUT2D eigenvalue weighted by Crippen LogP contribution is 2.03. The third-order valence-corrected chi connectivity index (χ3v) is 2.02. The Morgan fingerprint density at radius 1 is 1.83 bits per heavy atom. The Labute approximate surface area is 72.2 Å². The predicted octanol–water partition coefficient (Wildman–Crippen LogP) is -0.280. The van der Waals surface area contributed by atoms with Gasteiger partial charge in [0, 0.05) is 26.1 Å². The van der Waals surface area contributed by atoms with Crippen molar-refractivity contribution in [3.8, 4) is 6.07 Å². The molecule has 4 heteroatoms. The standard InChI is InChI=1S/C8H13N3O/c1-2-8(12)11-4-3-10-6-7(11)5-9/h7,10H,2-4,6H2,1H3. The predicted molar refractivity (Wildman–Crippen MR) is 44.3 cm³/mol. The monoisotopic (exact) mass is 167 g/mol. The normalized spacial score (nSPS) is 23.3. The van der Waals surface area contributed by atoms with Gasteiger partial charge in [0.15, 0.2) is 0 Å². The number of carbonyl (C=O) groups is 1. The maximum absolute atomic E-state index is 11.3. The molecular formula is C8H13N3O. The molecule has 1 rings (SSSR count). The summed E-state index contributed by atoms with van der Waals surface area (Å²) in [5, 5.41) is 11.8. The van der Waals surface area contributed by atoms with Crippen LogP contribution in [0.3, 0.4) is 0 Å². The molecule has 0 bridgehead atoms. The highest BCUT2D eigenvalue weighted by molar-refractivity contribution is 5.76. The molecule has 4 nitrogen and oxygen atoms in total. The molecule has 0 aromatic heterocycles. The van der Waals surface area contributed by atoms with E-state index in [1.807, 2.05) is 6.92 Å². The Morgan fingerprint density at radius 2 is 2.58 bits per heavy atom. The average Bonchev–Trinajstić information content (AvgIpc) is 2.16. The van der Waals surface area contributed by atoms with Crippen LogP contribution >= 0.6 is 0 Å². The summed E-state index contributed by atoms with van der Waals surface area (Å²) >= 11 is 0. The Bertz CT molecular complexity index is 209. The summed E-state index contributed by atoms with van der Waals surface area (Å²) in [4.78, 5) is 12.9. The number of hydrogen-bond donors (Lipinski definition) is 1. The van der Waals surface area contributed by atoms with Gasteiger partial charge in [-0.3, -0.25) is 4.79 Å². The lowest BCUT2D eigenvalue weighted by atomic mass is 10.2. The minimum absolute atomic E-state index is 0.0723. The molecule has 1 aliphatic heterocycles. The van der Waals surface area contributed by atoms with Crippen molar-refractivity contribution in [2.75, 3.05) is 19.6 Å². The number of nitriles is 1. The first-order chi connectivity index (χ1) is 5.79. The van der Waals surface area contributed by atoms with Gasteiger partial charge in [0.1, 0.15) is 6.04 Å². The summed E-state index contributed by atoms with van der Waals surface area (Å²) in [6, 6.07) is 1.84. The van der Waals surface area contributed by atoms with Crippen LogP contribution in [0.25, 0.3) is 0 Å². The van der Waals surface area contributed by atoms with Crippen LogP contribution in [0, 0.1) is 11.3 Å². The van der Waals surface area contributed by atoms with Crippen LogP contribution < -0.4 is 5.32 Å². The van der Waals surface area contributed by atoms with Gasteiger partial charge in [-0.15, -0.1) is 0 Å². The molecule has 1 atom stereocenters. The van der Waals surface area contributed by atoms with Gasteiger partial charge in [-0.05, 0) is 0 Å². The van der Waals surface area contributed by atoms with Crippen molar-refractivity contribution < 1.29 is 4.79 Å². The van der Waals surface area contributed by atoms with Crippen LogP contribution in [0.1, 0.15) is 13.3 Å². The van der Waals surface area contributed by atoms with E-state index in [9.17, 15) is 4.79 Å². The molecule has 1 heterocycles. The van der Waals surface area contributed by atoms with E-state index < -0.39 is 0 Å². The van der Waals surface area contributed by atoms with Crippen molar-refractivity contribution in [1.29, 1.82) is 5.26 Å². The molecular weight excluding hydrogens is 154 g/mol. The molecule has 0 saturated carbocycles. The van der Waals surface area contributed by atoms with Gasteiger partial charge in [-0.2, -0.15) is 5.26 Å². The molecule has 0 aromatic rings. The van der Waals surface area contributed by atoms with Crippen LogP contribution in [0.4, 0.5) is 0 Å². The topological polar surface area (TPSA) is 56.1 Å². The van der Waals surface area contributed by atoms with E-state index in [1.165, 1.54) is 0 Å². The van der Waals surface area contributed by atoms with Crippen LogP contribution in [0.15, 0.2) is 0 Å². The smallest absolute Gasteiger partial charge is 0.223 e. The molecule has 1 N–H and O–H groups in total. The zero-order chi connectivity index (χ0) is 8.97. The largest absolute Gasteiger partial charge is 0.324 e. The van der Waals surface area contributed by atoms with Gasteiger partial charge in [-0.1, -0.05) is 6.92 Å². The van der Waals surface area contributed by atoms with Gasteiger partial charge in [0.25, 0.3) is 0 Å². The first-order valence-corrected chi connectivity index (χ1v) is 4.19. The first kappa shape index (κ1) is 9.01. The lowest BCUT2D eigenvalue weighted by molar-refractivity contribution is -0.132. The second kappa shape index (κ2) is 4.07.